The van der Waals surface area contributed by atoms with Crippen molar-refractivity contribution in [2.75, 3.05) is 7.11 Å². The highest BCUT2D eigenvalue weighted by Gasteiger charge is 2.43. The molecule has 2 atom stereocenters. The van der Waals surface area contributed by atoms with Gasteiger partial charge in [0.15, 0.2) is 8.32 Å². The van der Waals surface area contributed by atoms with Gasteiger partial charge in [0, 0.05) is 11.5 Å². The number of carbonyl (C=O) groups excluding carboxylic acids is 1. The van der Waals surface area contributed by atoms with Crippen LogP contribution in [-0.2, 0) is 14.0 Å². The highest BCUT2D eigenvalue weighted by atomic mass is 28.4. The monoisotopic (exact) mass is 404 g/mol. The molecular weight excluding hydrogens is 368 g/mol. The third kappa shape index (κ3) is 5.01. The molecule has 0 N–H and O–H groups in total. The summed E-state index contributed by atoms with van der Waals surface area (Å²) in [5, 5.41) is 1.66. The molecule has 0 spiro atoms. The zero-order valence-electron chi connectivity index (χ0n) is 18.3. The van der Waals surface area contributed by atoms with E-state index in [9.17, 15) is 4.79 Å². The zero-order valence-corrected chi connectivity index (χ0v) is 20.7. The van der Waals surface area contributed by atoms with Crippen LogP contribution in [0.1, 0.15) is 38.3 Å². The van der Waals surface area contributed by atoms with Crippen molar-refractivity contribution in [2.45, 2.75) is 71.3 Å². The van der Waals surface area contributed by atoms with Crippen LogP contribution < -0.4 is 5.19 Å². The van der Waals surface area contributed by atoms with E-state index in [0.717, 1.165) is 18.0 Å². The van der Waals surface area contributed by atoms with E-state index >= 15 is 0 Å². The number of hydrogen-bond acceptors (Lipinski definition) is 3. The summed E-state index contributed by atoms with van der Waals surface area (Å²) in [4.78, 5) is 12.3. The minimum absolute atomic E-state index is 0.109. The number of methoxy groups -OCH3 is 1. The van der Waals surface area contributed by atoms with Crippen molar-refractivity contribution in [3.05, 3.63) is 41.0 Å². The Morgan fingerprint density at radius 1 is 1.26 bits per heavy atom. The number of hydrogen-bond donors (Lipinski definition) is 0. The van der Waals surface area contributed by atoms with Crippen LogP contribution in [0.25, 0.3) is 0 Å². The van der Waals surface area contributed by atoms with Gasteiger partial charge in [-0.3, -0.25) is 0 Å². The lowest BCUT2D eigenvalue weighted by atomic mass is 10.0. The highest BCUT2D eigenvalue weighted by Crippen LogP contribution is 2.41. The molecule has 0 saturated heterocycles. The Balaban J connectivity index is 2.21. The van der Waals surface area contributed by atoms with E-state index in [1.54, 1.807) is 0 Å². The number of ether oxygens (including phenoxy) is 1. The fourth-order valence-electron chi connectivity index (χ4n) is 3.53. The van der Waals surface area contributed by atoms with Gasteiger partial charge in [0.1, 0.15) is 0 Å². The molecule has 0 radical (unpaired) electrons. The summed E-state index contributed by atoms with van der Waals surface area (Å²) < 4.78 is 11.8. The maximum atomic E-state index is 12.3. The Morgan fingerprint density at radius 2 is 1.93 bits per heavy atom. The summed E-state index contributed by atoms with van der Waals surface area (Å²) in [7, 11) is -0.903. The van der Waals surface area contributed by atoms with Crippen molar-refractivity contribution in [3.63, 3.8) is 0 Å². The van der Waals surface area contributed by atoms with Gasteiger partial charge < -0.3 is 9.16 Å². The van der Waals surface area contributed by atoms with Gasteiger partial charge in [0.05, 0.1) is 22.7 Å². The molecule has 3 nitrogen and oxygen atoms in total. The number of carbonyl (C=O) groups is 1. The van der Waals surface area contributed by atoms with Gasteiger partial charge in [-0.25, -0.2) is 4.79 Å². The first-order valence-electron chi connectivity index (χ1n) is 9.99. The maximum absolute atomic E-state index is 12.3. The number of esters is 1. The molecule has 0 saturated carbocycles. The topological polar surface area (TPSA) is 35.5 Å². The van der Waals surface area contributed by atoms with Gasteiger partial charge in [-0.1, -0.05) is 50.2 Å². The van der Waals surface area contributed by atoms with Crippen LogP contribution in [0, 0.1) is 19.8 Å². The molecule has 150 valence electrons. The Kier molecular flexibility index (Phi) is 6.92. The lowest BCUT2D eigenvalue weighted by Crippen LogP contribution is -2.45. The van der Waals surface area contributed by atoms with E-state index in [-0.39, 0.29) is 23.0 Å². The first-order chi connectivity index (χ1) is 12.5. The summed E-state index contributed by atoms with van der Waals surface area (Å²) in [5.41, 5.74) is 3.59. The van der Waals surface area contributed by atoms with Gasteiger partial charge in [-0.15, -0.1) is 0 Å². The van der Waals surface area contributed by atoms with Crippen molar-refractivity contribution in [2.24, 2.45) is 5.92 Å². The van der Waals surface area contributed by atoms with Crippen molar-refractivity contribution < 1.29 is 14.0 Å². The van der Waals surface area contributed by atoms with Crippen LogP contribution in [0.4, 0.5) is 0 Å². The van der Waals surface area contributed by atoms with E-state index in [4.69, 9.17) is 9.16 Å². The Hall–Kier alpha value is -1.18. The molecular formula is C22H36O3Si2. The van der Waals surface area contributed by atoms with Crippen molar-refractivity contribution in [1.29, 1.82) is 0 Å². The van der Waals surface area contributed by atoms with Crippen LogP contribution in [-0.4, -0.2) is 37.0 Å². The third-order valence-corrected chi connectivity index (χ3v) is 13.3. The van der Waals surface area contributed by atoms with Crippen molar-refractivity contribution >= 4 is 29.0 Å². The van der Waals surface area contributed by atoms with E-state index < -0.39 is 17.8 Å². The smallest absolute Gasteiger partial charge is 0.333 e. The maximum Gasteiger partial charge on any atom is 0.333 e. The zero-order chi connectivity index (χ0) is 20.4. The molecule has 0 amide bonds. The molecule has 0 heterocycles. The minimum Gasteiger partial charge on any atom is -0.466 e. The Labute approximate surface area is 168 Å². The van der Waals surface area contributed by atoms with Gasteiger partial charge in [0.25, 0.3) is 0 Å². The second-order valence-electron chi connectivity index (χ2n) is 9.31. The first kappa shape index (κ1) is 22.1. The first-order valence-corrected chi connectivity index (χ1v) is 14.6. The van der Waals surface area contributed by atoms with Crippen molar-refractivity contribution in [3.8, 4) is 0 Å². The van der Waals surface area contributed by atoms with E-state index in [1.807, 2.05) is 0 Å². The highest BCUT2D eigenvalue weighted by molar-refractivity contribution is 6.74. The average Bonchev–Trinajstić information content (AvgIpc) is 2.96. The minimum atomic E-state index is -1.88. The van der Waals surface area contributed by atoms with E-state index in [1.165, 1.54) is 23.4 Å². The van der Waals surface area contributed by atoms with Gasteiger partial charge in [0.2, 0.25) is 0 Å². The Morgan fingerprint density at radius 3 is 2.52 bits per heavy atom. The third-order valence-electron chi connectivity index (χ3n) is 6.53. The lowest BCUT2D eigenvalue weighted by Gasteiger charge is -2.40. The molecule has 1 aromatic rings. The second-order valence-corrected chi connectivity index (χ2v) is 15.9. The molecule has 0 bridgehead atoms. The van der Waals surface area contributed by atoms with Gasteiger partial charge >= 0.3 is 5.97 Å². The fourth-order valence-corrected chi connectivity index (χ4v) is 7.16. The van der Waals surface area contributed by atoms with Gasteiger partial charge in [-0.05, 0) is 55.6 Å². The molecule has 0 aliphatic heterocycles. The fraction of sp³-hybridized carbons (Fsp3) is 0.591. The average molecular weight is 405 g/mol. The summed E-state index contributed by atoms with van der Waals surface area (Å²) in [6, 6.07) is 7.63. The van der Waals surface area contributed by atoms with Crippen LogP contribution in [0.3, 0.4) is 0 Å². The Bertz CT molecular complexity index is 717. The molecule has 0 fully saturated rings. The second kappa shape index (κ2) is 8.45. The molecule has 1 aliphatic rings. The SMILES string of the molecule is COC(=O)C1=CC[C@H](O[Si](C)(C)C(C)(C)C)[C@H]1C[SiH2]c1cccc(C)c1C. The van der Waals surface area contributed by atoms with Crippen molar-refractivity contribution in [1.82, 2.24) is 0 Å². The number of benzene rings is 1. The van der Waals surface area contributed by atoms with Gasteiger partial charge in [-0.2, -0.15) is 0 Å². The summed E-state index contributed by atoms with van der Waals surface area (Å²) in [6.45, 7) is 15.8. The molecule has 5 heteroatoms. The van der Waals surface area contributed by atoms with Crippen LogP contribution >= 0.6 is 0 Å². The molecule has 0 unspecified atom stereocenters. The predicted octanol–water partition coefficient (Wildman–Crippen LogP) is 4.03. The van der Waals surface area contributed by atoms with E-state index in [2.05, 4.69) is 72.0 Å². The van der Waals surface area contributed by atoms with E-state index in [0.29, 0.717) is 0 Å². The molecule has 1 aliphatic carbocycles. The quantitative estimate of drug-likeness (QED) is 0.530. The molecule has 1 aromatic carbocycles. The predicted molar refractivity (Wildman–Crippen MR) is 119 cm³/mol. The molecule has 27 heavy (non-hydrogen) atoms. The van der Waals surface area contributed by atoms with Crippen LogP contribution in [0.15, 0.2) is 29.8 Å². The number of rotatable bonds is 6. The molecule has 2 rings (SSSR count). The standard InChI is InChI=1S/C22H36O3Si2/c1-15-10-9-11-20(16(15)2)26-14-18-17(21(23)24-6)12-13-19(18)25-27(7,8)22(3,4)5/h9-12,18-19H,13-14,26H2,1-8H3/t18-,19-/m0/s1. The largest absolute Gasteiger partial charge is 0.466 e. The van der Waals surface area contributed by atoms with Crippen LogP contribution in [0.5, 0.6) is 0 Å². The summed E-state index contributed by atoms with van der Waals surface area (Å²) in [6.07, 6.45) is 2.99. The summed E-state index contributed by atoms with van der Waals surface area (Å²) in [5.74, 6) is -0.0190. The number of aryl methyl sites for hydroxylation is 1. The lowest BCUT2D eigenvalue weighted by molar-refractivity contribution is -0.136. The summed E-state index contributed by atoms with van der Waals surface area (Å²) >= 11 is 0. The normalized spacial score (nSPS) is 21.0. The molecule has 0 aromatic heterocycles. The van der Waals surface area contributed by atoms with Crippen LogP contribution in [0.2, 0.25) is 24.2 Å².